The van der Waals surface area contributed by atoms with Gasteiger partial charge in [0.15, 0.2) is 0 Å². The van der Waals surface area contributed by atoms with Crippen LogP contribution in [0.5, 0.6) is 0 Å². The Morgan fingerprint density at radius 1 is 1.24 bits per heavy atom. The van der Waals surface area contributed by atoms with Gasteiger partial charge in [-0.25, -0.2) is 13.5 Å². The fraction of sp³-hybridized carbons (Fsp3) is 0.800. The van der Waals surface area contributed by atoms with Gasteiger partial charge in [-0.1, -0.05) is 0 Å². The van der Waals surface area contributed by atoms with E-state index in [-0.39, 0.29) is 23.9 Å². The van der Waals surface area contributed by atoms with Crippen molar-refractivity contribution in [3.05, 3.63) is 11.8 Å². The summed E-state index contributed by atoms with van der Waals surface area (Å²) in [6.07, 6.45) is -0.396. The van der Waals surface area contributed by atoms with Gasteiger partial charge in [0.1, 0.15) is 11.9 Å². The van der Waals surface area contributed by atoms with Crippen LogP contribution in [0.3, 0.4) is 0 Å². The van der Waals surface area contributed by atoms with E-state index in [1.807, 2.05) is 24.8 Å². The first-order valence-electron chi connectivity index (χ1n) is 10.7. The van der Waals surface area contributed by atoms with Crippen LogP contribution in [0, 0.1) is 12.8 Å². The van der Waals surface area contributed by atoms with Crippen LogP contribution in [0.25, 0.3) is 0 Å². The molecule has 2 saturated heterocycles. The lowest BCUT2D eigenvalue weighted by Gasteiger charge is -2.42. The molecule has 3 atom stereocenters. The van der Waals surface area contributed by atoms with Crippen molar-refractivity contribution in [1.82, 2.24) is 19.6 Å². The SMILES string of the molecule is Cc1cc2n(n1)[C@@H](C(F)F)C[C@@H](C1CCN(C(=O)[C@H](C)N3CCOCC3)CC1)N2. The third-order valence-corrected chi connectivity index (χ3v) is 6.66. The molecule has 3 aliphatic rings. The number of hydrogen-bond acceptors (Lipinski definition) is 5. The number of amides is 1. The van der Waals surface area contributed by atoms with Crippen LogP contribution in [-0.4, -0.2) is 83.4 Å². The highest BCUT2D eigenvalue weighted by molar-refractivity contribution is 5.81. The Bertz CT molecular complexity index is 714. The molecule has 0 spiro atoms. The number of morpholine rings is 1. The second-order valence-electron chi connectivity index (χ2n) is 8.49. The number of likely N-dealkylation sites (tertiary alicyclic amines) is 1. The second kappa shape index (κ2) is 8.55. The van der Waals surface area contributed by atoms with Gasteiger partial charge >= 0.3 is 0 Å². The van der Waals surface area contributed by atoms with Gasteiger partial charge in [-0.05, 0) is 39.0 Å². The minimum absolute atomic E-state index is 0.00785. The summed E-state index contributed by atoms with van der Waals surface area (Å²) in [6.45, 7) is 8.10. The highest BCUT2D eigenvalue weighted by atomic mass is 19.3. The third kappa shape index (κ3) is 4.26. The lowest BCUT2D eigenvalue weighted by molar-refractivity contribution is -0.139. The van der Waals surface area contributed by atoms with Crippen molar-refractivity contribution in [2.24, 2.45) is 5.92 Å². The van der Waals surface area contributed by atoms with Crippen LogP contribution in [0.1, 0.15) is 37.9 Å². The van der Waals surface area contributed by atoms with Crippen LogP contribution in [0.2, 0.25) is 0 Å². The van der Waals surface area contributed by atoms with E-state index in [1.165, 1.54) is 4.68 Å². The maximum atomic E-state index is 13.6. The zero-order valence-corrected chi connectivity index (χ0v) is 17.2. The molecule has 7 nitrogen and oxygen atoms in total. The van der Waals surface area contributed by atoms with Gasteiger partial charge in [-0.3, -0.25) is 9.69 Å². The molecule has 0 saturated carbocycles. The van der Waals surface area contributed by atoms with E-state index in [2.05, 4.69) is 15.3 Å². The summed E-state index contributed by atoms with van der Waals surface area (Å²) >= 11 is 0. The molecule has 2 fully saturated rings. The summed E-state index contributed by atoms with van der Waals surface area (Å²) < 4.78 is 34.1. The number of rotatable bonds is 4. The number of aryl methyl sites for hydroxylation is 1. The lowest BCUT2D eigenvalue weighted by Crippen LogP contribution is -2.53. The van der Waals surface area contributed by atoms with Crippen molar-refractivity contribution in [2.75, 3.05) is 44.7 Å². The van der Waals surface area contributed by atoms with Gasteiger partial charge in [0.05, 0.1) is 24.9 Å². The van der Waals surface area contributed by atoms with Crippen LogP contribution in [0.15, 0.2) is 6.07 Å². The van der Waals surface area contributed by atoms with Crippen molar-refractivity contribution >= 4 is 11.7 Å². The molecule has 0 bridgehead atoms. The van der Waals surface area contributed by atoms with E-state index in [4.69, 9.17) is 4.74 Å². The Morgan fingerprint density at radius 3 is 2.59 bits per heavy atom. The zero-order chi connectivity index (χ0) is 20.5. The van der Waals surface area contributed by atoms with Gasteiger partial charge in [-0.2, -0.15) is 5.10 Å². The maximum Gasteiger partial charge on any atom is 0.260 e. The summed E-state index contributed by atoms with van der Waals surface area (Å²) in [7, 11) is 0. The molecule has 29 heavy (non-hydrogen) atoms. The molecule has 4 rings (SSSR count). The number of carbonyl (C=O) groups is 1. The van der Waals surface area contributed by atoms with Crippen molar-refractivity contribution in [2.45, 2.75) is 57.7 Å². The number of alkyl halides is 2. The minimum Gasteiger partial charge on any atom is -0.379 e. The number of ether oxygens (including phenoxy) is 1. The predicted molar refractivity (Wildman–Crippen MR) is 105 cm³/mol. The van der Waals surface area contributed by atoms with E-state index in [1.54, 1.807) is 0 Å². The van der Waals surface area contributed by atoms with Crippen LogP contribution in [-0.2, 0) is 9.53 Å². The van der Waals surface area contributed by atoms with E-state index < -0.39 is 12.5 Å². The highest BCUT2D eigenvalue weighted by Gasteiger charge is 2.39. The first-order chi connectivity index (χ1) is 13.9. The topological polar surface area (TPSA) is 62.6 Å². The zero-order valence-electron chi connectivity index (χ0n) is 17.2. The predicted octanol–water partition coefficient (Wildman–Crippen LogP) is 2.14. The quantitative estimate of drug-likeness (QED) is 0.823. The maximum absolute atomic E-state index is 13.6. The van der Waals surface area contributed by atoms with Crippen molar-refractivity contribution < 1.29 is 18.3 Å². The summed E-state index contributed by atoms with van der Waals surface area (Å²) in [5, 5.41) is 7.67. The molecule has 162 valence electrons. The van der Waals surface area contributed by atoms with E-state index >= 15 is 0 Å². The number of nitrogens with zero attached hydrogens (tertiary/aromatic N) is 4. The third-order valence-electron chi connectivity index (χ3n) is 6.66. The van der Waals surface area contributed by atoms with E-state index in [0.29, 0.717) is 38.5 Å². The number of piperidine rings is 1. The summed E-state index contributed by atoms with van der Waals surface area (Å²) in [5.74, 6) is 1.13. The molecule has 1 aromatic rings. The fourth-order valence-electron chi connectivity index (χ4n) is 4.91. The summed E-state index contributed by atoms with van der Waals surface area (Å²) in [4.78, 5) is 17.0. The molecule has 0 aromatic carbocycles. The van der Waals surface area contributed by atoms with E-state index in [0.717, 1.165) is 31.6 Å². The first kappa shape index (κ1) is 20.5. The summed E-state index contributed by atoms with van der Waals surface area (Å²) in [6, 6.07) is 0.811. The largest absolute Gasteiger partial charge is 0.379 e. The van der Waals surface area contributed by atoms with E-state index in [9.17, 15) is 13.6 Å². The average Bonchev–Trinajstić information content (AvgIpc) is 3.12. The first-order valence-corrected chi connectivity index (χ1v) is 10.7. The van der Waals surface area contributed by atoms with Crippen LogP contribution in [0.4, 0.5) is 14.6 Å². The average molecular weight is 411 g/mol. The molecule has 1 amide bonds. The Balaban J connectivity index is 1.35. The number of halogens is 2. The number of fused-ring (bicyclic) bond motifs is 1. The minimum atomic E-state index is -2.44. The van der Waals surface area contributed by atoms with Gasteiger partial charge in [0.25, 0.3) is 6.43 Å². The number of aromatic nitrogens is 2. The Labute approximate surface area is 170 Å². The van der Waals surface area contributed by atoms with Gasteiger partial charge in [0, 0.05) is 38.3 Å². The molecular formula is C20H31F2N5O2. The number of hydrogen-bond donors (Lipinski definition) is 1. The molecule has 3 aliphatic heterocycles. The monoisotopic (exact) mass is 411 g/mol. The number of nitrogens with one attached hydrogen (secondary N) is 1. The number of carbonyl (C=O) groups excluding carboxylic acids is 1. The standard InChI is InChI=1S/C20H31F2N5O2/c1-13-11-18-23-16(12-17(19(21)22)27(18)24-13)15-3-5-26(6-4-15)20(28)14(2)25-7-9-29-10-8-25/h11,14-17,19,23H,3-10,12H2,1-2H3/t14-,16-,17+/m0/s1. The Kier molecular flexibility index (Phi) is 6.06. The Hall–Kier alpha value is -1.74. The number of anilines is 1. The molecule has 1 aromatic heterocycles. The molecule has 0 radical (unpaired) electrons. The van der Waals surface area contributed by atoms with Crippen LogP contribution >= 0.6 is 0 Å². The summed E-state index contributed by atoms with van der Waals surface area (Å²) in [5.41, 5.74) is 0.747. The van der Waals surface area contributed by atoms with Crippen LogP contribution < -0.4 is 5.32 Å². The van der Waals surface area contributed by atoms with Gasteiger partial charge in [-0.15, -0.1) is 0 Å². The fourth-order valence-corrected chi connectivity index (χ4v) is 4.91. The van der Waals surface area contributed by atoms with Crippen molar-refractivity contribution in [3.63, 3.8) is 0 Å². The van der Waals surface area contributed by atoms with Gasteiger partial charge < -0.3 is 15.0 Å². The second-order valence-corrected chi connectivity index (χ2v) is 8.49. The normalized spacial score (nSPS) is 27.6. The molecule has 4 heterocycles. The molecule has 9 heteroatoms. The highest BCUT2D eigenvalue weighted by Crippen LogP contribution is 2.37. The van der Waals surface area contributed by atoms with Crippen molar-refractivity contribution in [1.29, 1.82) is 0 Å². The van der Waals surface area contributed by atoms with Crippen molar-refractivity contribution in [3.8, 4) is 0 Å². The molecule has 1 N–H and O–H groups in total. The molecule has 0 unspecified atom stereocenters. The molecule has 0 aliphatic carbocycles. The smallest absolute Gasteiger partial charge is 0.260 e. The lowest BCUT2D eigenvalue weighted by atomic mass is 9.84. The van der Waals surface area contributed by atoms with Gasteiger partial charge in [0.2, 0.25) is 5.91 Å². The Morgan fingerprint density at radius 2 is 1.93 bits per heavy atom. The molecular weight excluding hydrogens is 380 g/mol.